The predicted molar refractivity (Wildman–Crippen MR) is 94.4 cm³/mol. The molecule has 0 aromatic heterocycles. The van der Waals surface area contributed by atoms with Crippen molar-refractivity contribution in [3.63, 3.8) is 0 Å². The Balaban J connectivity index is 1.86. The molecule has 0 aliphatic rings. The fourth-order valence-corrected chi connectivity index (χ4v) is 2.67. The van der Waals surface area contributed by atoms with Gasteiger partial charge >= 0.3 is 0 Å². The molecule has 0 unspecified atom stereocenters. The van der Waals surface area contributed by atoms with Gasteiger partial charge in [-0.25, -0.2) is 0 Å². The van der Waals surface area contributed by atoms with Crippen molar-refractivity contribution in [3.05, 3.63) is 59.7 Å². The van der Waals surface area contributed by atoms with Crippen LogP contribution in [0.5, 0.6) is 0 Å². The van der Waals surface area contributed by atoms with Gasteiger partial charge in [0, 0.05) is 17.1 Å². The lowest BCUT2D eigenvalue weighted by atomic mass is 10.1. The first kappa shape index (κ1) is 16.6. The molecule has 0 heterocycles. The van der Waals surface area contributed by atoms with Crippen molar-refractivity contribution in [2.75, 3.05) is 25.2 Å². The SMILES string of the molecule is CSc1cccc(NC(=O)CN(C)Cc2ccc(C)cc2)c1. The highest BCUT2D eigenvalue weighted by molar-refractivity contribution is 7.98. The van der Waals surface area contributed by atoms with Crippen LogP contribution in [0.15, 0.2) is 53.4 Å². The van der Waals surface area contributed by atoms with Crippen LogP contribution in [0.4, 0.5) is 5.69 Å². The van der Waals surface area contributed by atoms with Crippen LogP contribution in [-0.2, 0) is 11.3 Å². The van der Waals surface area contributed by atoms with Gasteiger partial charge in [-0.05, 0) is 44.0 Å². The van der Waals surface area contributed by atoms with E-state index in [1.54, 1.807) is 11.8 Å². The van der Waals surface area contributed by atoms with E-state index in [9.17, 15) is 4.79 Å². The molecule has 0 spiro atoms. The molecule has 3 nitrogen and oxygen atoms in total. The number of hydrogen-bond acceptors (Lipinski definition) is 3. The maximum absolute atomic E-state index is 12.1. The number of nitrogens with one attached hydrogen (secondary N) is 1. The third-order valence-electron chi connectivity index (χ3n) is 3.34. The molecule has 0 aliphatic carbocycles. The molecule has 2 aromatic carbocycles. The maximum Gasteiger partial charge on any atom is 0.238 e. The fraction of sp³-hybridized carbons (Fsp3) is 0.278. The summed E-state index contributed by atoms with van der Waals surface area (Å²) in [6.45, 7) is 3.21. The van der Waals surface area contributed by atoms with Crippen LogP contribution in [-0.4, -0.2) is 30.7 Å². The van der Waals surface area contributed by atoms with Crippen molar-refractivity contribution in [3.8, 4) is 0 Å². The van der Waals surface area contributed by atoms with Gasteiger partial charge in [0.2, 0.25) is 5.91 Å². The summed E-state index contributed by atoms with van der Waals surface area (Å²) in [5.74, 6) is 0.00728. The number of amides is 1. The van der Waals surface area contributed by atoms with Gasteiger partial charge in [-0.2, -0.15) is 0 Å². The van der Waals surface area contributed by atoms with E-state index in [-0.39, 0.29) is 5.91 Å². The van der Waals surface area contributed by atoms with Crippen molar-refractivity contribution in [2.24, 2.45) is 0 Å². The van der Waals surface area contributed by atoms with Gasteiger partial charge < -0.3 is 5.32 Å². The lowest BCUT2D eigenvalue weighted by molar-refractivity contribution is -0.117. The van der Waals surface area contributed by atoms with E-state index in [1.807, 2.05) is 42.5 Å². The van der Waals surface area contributed by atoms with Crippen LogP contribution < -0.4 is 5.32 Å². The lowest BCUT2D eigenvalue weighted by Crippen LogP contribution is -2.29. The van der Waals surface area contributed by atoms with Gasteiger partial charge in [0.15, 0.2) is 0 Å². The summed E-state index contributed by atoms with van der Waals surface area (Å²) in [6.07, 6.45) is 2.02. The summed E-state index contributed by atoms with van der Waals surface area (Å²) in [5.41, 5.74) is 3.31. The molecule has 4 heteroatoms. The molecule has 1 amide bonds. The highest BCUT2D eigenvalue weighted by atomic mass is 32.2. The Morgan fingerprint density at radius 1 is 1.18 bits per heavy atom. The van der Waals surface area contributed by atoms with Gasteiger partial charge in [0.1, 0.15) is 0 Å². The predicted octanol–water partition coefficient (Wildman–Crippen LogP) is 3.79. The Labute approximate surface area is 136 Å². The number of thioether (sulfide) groups is 1. The average Bonchev–Trinajstić information content (AvgIpc) is 2.49. The monoisotopic (exact) mass is 314 g/mol. The summed E-state index contributed by atoms with van der Waals surface area (Å²) < 4.78 is 0. The number of anilines is 1. The zero-order valence-electron chi connectivity index (χ0n) is 13.3. The molecule has 0 radical (unpaired) electrons. The van der Waals surface area contributed by atoms with E-state index in [1.165, 1.54) is 11.1 Å². The number of hydrogen-bond donors (Lipinski definition) is 1. The second-order valence-corrected chi connectivity index (χ2v) is 6.32. The molecule has 22 heavy (non-hydrogen) atoms. The molecule has 0 saturated heterocycles. The van der Waals surface area contributed by atoms with Gasteiger partial charge in [-0.1, -0.05) is 35.9 Å². The van der Waals surface area contributed by atoms with Crippen LogP contribution in [0.3, 0.4) is 0 Å². The summed E-state index contributed by atoms with van der Waals surface area (Å²) >= 11 is 1.67. The first-order valence-electron chi connectivity index (χ1n) is 7.25. The molecule has 0 atom stereocenters. The smallest absolute Gasteiger partial charge is 0.238 e. The van der Waals surface area contributed by atoms with Gasteiger partial charge in [-0.15, -0.1) is 11.8 Å². The van der Waals surface area contributed by atoms with E-state index < -0.39 is 0 Å². The minimum atomic E-state index is 0.00728. The molecule has 2 rings (SSSR count). The summed E-state index contributed by atoms with van der Waals surface area (Å²) in [7, 11) is 1.96. The van der Waals surface area contributed by atoms with Crippen molar-refractivity contribution < 1.29 is 4.79 Å². The maximum atomic E-state index is 12.1. The largest absolute Gasteiger partial charge is 0.325 e. The number of likely N-dealkylation sites (N-methyl/N-ethyl adjacent to an activating group) is 1. The Kier molecular flexibility index (Phi) is 6.04. The summed E-state index contributed by atoms with van der Waals surface area (Å²) in [5, 5.41) is 2.95. The molecular weight excluding hydrogens is 292 g/mol. The van der Waals surface area contributed by atoms with Gasteiger partial charge in [0.25, 0.3) is 0 Å². The molecule has 0 saturated carbocycles. The second-order valence-electron chi connectivity index (χ2n) is 5.44. The normalized spacial score (nSPS) is 10.7. The van der Waals surface area contributed by atoms with Crippen molar-refractivity contribution in [2.45, 2.75) is 18.4 Å². The summed E-state index contributed by atoms with van der Waals surface area (Å²) in [6, 6.07) is 16.3. The number of carbonyl (C=O) groups is 1. The van der Waals surface area contributed by atoms with Crippen molar-refractivity contribution >= 4 is 23.4 Å². The number of aryl methyl sites for hydroxylation is 1. The van der Waals surface area contributed by atoms with Crippen molar-refractivity contribution in [1.82, 2.24) is 4.90 Å². The highest BCUT2D eigenvalue weighted by Gasteiger charge is 2.08. The minimum absolute atomic E-state index is 0.00728. The molecule has 0 fully saturated rings. The highest BCUT2D eigenvalue weighted by Crippen LogP contribution is 2.18. The van der Waals surface area contributed by atoms with E-state index in [0.29, 0.717) is 6.54 Å². The molecular formula is C18H22N2OS. The number of benzene rings is 2. The molecule has 1 N–H and O–H groups in total. The molecule has 0 bridgehead atoms. The minimum Gasteiger partial charge on any atom is -0.325 e. The van der Waals surface area contributed by atoms with Crippen LogP contribution >= 0.6 is 11.8 Å². The molecule has 116 valence electrons. The third kappa shape index (κ3) is 5.20. The topological polar surface area (TPSA) is 32.3 Å². The Hall–Kier alpha value is -1.78. The first-order chi connectivity index (χ1) is 10.6. The first-order valence-corrected chi connectivity index (χ1v) is 8.47. The van der Waals surface area contributed by atoms with Crippen molar-refractivity contribution in [1.29, 1.82) is 0 Å². The van der Waals surface area contributed by atoms with Gasteiger partial charge in [-0.3, -0.25) is 9.69 Å². The molecule has 2 aromatic rings. The van der Waals surface area contributed by atoms with E-state index >= 15 is 0 Å². The third-order valence-corrected chi connectivity index (χ3v) is 4.07. The van der Waals surface area contributed by atoms with E-state index in [0.717, 1.165) is 17.1 Å². The fourth-order valence-electron chi connectivity index (χ4n) is 2.21. The van der Waals surface area contributed by atoms with Crippen LogP contribution in [0, 0.1) is 6.92 Å². The number of nitrogens with zero attached hydrogens (tertiary/aromatic N) is 1. The van der Waals surface area contributed by atoms with Crippen LogP contribution in [0.2, 0.25) is 0 Å². The van der Waals surface area contributed by atoms with E-state index in [2.05, 4.69) is 36.5 Å². The van der Waals surface area contributed by atoms with Crippen LogP contribution in [0.1, 0.15) is 11.1 Å². The quantitative estimate of drug-likeness (QED) is 0.823. The second kappa shape index (κ2) is 8.01. The Morgan fingerprint density at radius 2 is 1.91 bits per heavy atom. The standard InChI is InChI=1S/C18H22N2OS/c1-14-7-9-15(10-8-14)12-20(2)13-18(21)19-16-5-4-6-17(11-16)22-3/h4-11H,12-13H2,1-3H3,(H,19,21). The molecule has 0 aliphatic heterocycles. The number of carbonyl (C=O) groups excluding carboxylic acids is 1. The number of rotatable bonds is 6. The zero-order chi connectivity index (χ0) is 15.9. The zero-order valence-corrected chi connectivity index (χ0v) is 14.1. The summed E-state index contributed by atoms with van der Waals surface area (Å²) in [4.78, 5) is 15.3. The Morgan fingerprint density at radius 3 is 2.59 bits per heavy atom. The lowest BCUT2D eigenvalue weighted by Gasteiger charge is -2.16. The average molecular weight is 314 g/mol. The van der Waals surface area contributed by atoms with Gasteiger partial charge in [0.05, 0.1) is 6.54 Å². The Bertz CT molecular complexity index is 625. The van der Waals surface area contributed by atoms with Crippen LogP contribution in [0.25, 0.3) is 0 Å². The van der Waals surface area contributed by atoms with E-state index in [4.69, 9.17) is 0 Å².